The molecule has 0 bridgehead atoms. The molecule has 1 fully saturated rings. The second-order valence-corrected chi connectivity index (χ2v) is 12.0. The molecule has 1 saturated heterocycles. The largest absolute Gasteiger partial charge is 0.573 e. The maximum atomic E-state index is 12.9. The zero-order valence-corrected chi connectivity index (χ0v) is 26.2. The highest BCUT2D eigenvalue weighted by Gasteiger charge is 2.31. The third-order valence-electron chi connectivity index (χ3n) is 7.36. The average molecular weight is 637 g/mol. The number of hydrogen-bond acceptors (Lipinski definition) is 5. The fourth-order valence-electron chi connectivity index (χ4n) is 5.05. The van der Waals surface area contributed by atoms with Gasteiger partial charge in [-0.25, -0.2) is 14.5 Å². The van der Waals surface area contributed by atoms with E-state index in [2.05, 4.69) is 62.1 Å². The van der Waals surface area contributed by atoms with Gasteiger partial charge < -0.3 is 15.0 Å². The van der Waals surface area contributed by atoms with Crippen molar-refractivity contribution >= 4 is 28.6 Å². The number of carbonyl (C=O) groups is 1. The number of aryl methyl sites for hydroxylation is 2. The van der Waals surface area contributed by atoms with Crippen LogP contribution in [0.5, 0.6) is 5.75 Å². The highest BCUT2D eigenvalue weighted by atomic mass is 32.2. The molecule has 5 rings (SSSR count). The third kappa shape index (κ3) is 8.44. The van der Waals surface area contributed by atoms with Gasteiger partial charge in [0.25, 0.3) is 0 Å². The zero-order chi connectivity index (χ0) is 32.0. The van der Waals surface area contributed by atoms with Gasteiger partial charge in [-0.3, -0.25) is 0 Å². The molecular formula is C33H35F3N6O2S. The molecule has 1 atom stereocenters. The summed E-state index contributed by atoms with van der Waals surface area (Å²) < 4.78 is 42.7. The van der Waals surface area contributed by atoms with Crippen molar-refractivity contribution in [1.29, 1.82) is 0 Å². The van der Waals surface area contributed by atoms with Gasteiger partial charge in [-0.1, -0.05) is 68.4 Å². The van der Waals surface area contributed by atoms with Crippen LogP contribution in [-0.2, 0) is 6.42 Å². The van der Waals surface area contributed by atoms with Crippen LogP contribution in [0.2, 0.25) is 0 Å². The fourth-order valence-corrected chi connectivity index (χ4v) is 6.00. The summed E-state index contributed by atoms with van der Waals surface area (Å²) in [6.07, 6.45) is -0.200. The smallest absolute Gasteiger partial charge is 0.406 e. The number of aromatic nitrogens is 3. The van der Waals surface area contributed by atoms with Crippen LogP contribution < -0.4 is 15.0 Å². The predicted molar refractivity (Wildman–Crippen MR) is 172 cm³/mol. The lowest BCUT2D eigenvalue weighted by molar-refractivity contribution is -0.274. The summed E-state index contributed by atoms with van der Waals surface area (Å²) >= 11 is 1.61. The van der Waals surface area contributed by atoms with E-state index >= 15 is 0 Å². The van der Waals surface area contributed by atoms with E-state index in [-0.39, 0.29) is 17.7 Å². The molecule has 1 aromatic heterocycles. The molecule has 236 valence electrons. The third-order valence-corrected chi connectivity index (χ3v) is 8.42. The Hall–Kier alpha value is -4.32. The number of aliphatic imine (C=N–C) groups is 1. The fraction of sp³-hybridized carbons (Fsp3) is 0.333. The van der Waals surface area contributed by atoms with Crippen LogP contribution in [0.1, 0.15) is 49.3 Å². The van der Waals surface area contributed by atoms with E-state index in [1.807, 2.05) is 31.2 Å². The molecule has 12 heteroatoms. The number of nitrogens with one attached hydrogen (secondary N) is 1. The number of thioether (sulfide) groups is 1. The van der Waals surface area contributed by atoms with E-state index in [9.17, 15) is 18.0 Å². The minimum Gasteiger partial charge on any atom is -0.406 e. The van der Waals surface area contributed by atoms with Crippen molar-refractivity contribution in [3.8, 4) is 22.8 Å². The van der Waals surface area contributed by atoms with Gasteiger partial charge in [0.15, 0.2) is 11.0 Å². The Morgan fingerprint density at radius 2 is 1.87 bits per heavy atom. The summed E-state index contributed by atoms with van der Waals surface area (Å²) in [6, 6.07) is 19.3. The maximum Gasteiger partial charge on any atom is 0.573 e. The van der Waals surface area contributed by atoms with Gasteiger partial charge in [-0.15, -0.1) is 18.3 Å². The topological polar surface area (TPSA) is 84.6 Å². The van der Waals surface area contributed by atoms with Crippen LogP contribution in [0.25, 0.3) is 17.1 Å². The van der Waals surface area contributed by atoms with Crippen LogP contribution >= 0.6 is 11.8 Å². The normalized spacial score (nSPS) is 15.2. The van der Waals surface area contributed by atoms with E-state index in [0.717, 1.165) is 53.5 Å². The first-order valence-corrected chi connectivity index (χ1v) is 15.8. The van der Waals surface area contributed by atoms with E-state index in [1.165, 1.54) is 46.4 Å². The lowest BCUT2D eigenvalue weighted by atomic mass is 10.00. The Labute approximate surface area is 264 Å². The summed E-state index contributed by atoms with van der Waals surface area (Å²) in [6.45, 7) is 7.54. The van der Waals surface area contributed by atoms with Crippen LogP contribution in [0, 0.1) is 6.92 Å². The molecular weight excluding hydrogens is 601 g/mol. The number of carbonyl (C=O) groups excluding carboxylic acids is 1. The first kappa shape index (κ1) is 32.1. The van der Waals surface area contributed by atoms with Crippen molar-refractivity contribution in [3.05, 3.63) is 89.7 Å². The average Bonchev–Trinajstić information content (AvgIpc) is 3.51. The number of rotatable bonds is 9. The van der Waals surface area contributed by atoms with Crippen molar-refractivity contribution in [1.82, 2.24) is 20.1 Å². The number of alkyl halides is 3. The summed E-state index contributed by atoms with van der Waals surface area (Å²) in [7, 11) is 0. The van der Waals surface area contributed by atoms with Crippen molar-refractivity contribution in [2.75, 3.05) is 23.7 Å². The molecule has 1 unspecified atom stereocenters. The van der Waals surface area contributed by atoms with E-state index in [0.29, 0.717) is 18.1 Å². The molecule has 2 heterocycles. The monoisotopic (exact) mass is 636 g/mol. The summed E-state index contributed by atoms with van der Waals surface area (Å²) in [4.78, 5) is 23.9. The highest BCUT2D eigenvalue weighted by molar-refractivity contribution is 8.14. The minimum absolute atomic E-state index is 0.0363. The quantitative estimate of drug-likeness (QED) is 0.201. The number of nitrogens with zero attached hydrogens (tertiary/aromatic N) is 5. The SMILES string of the molecule is CCCc1ccc(C)cc1N1CCCSC1=NC(=O)NCC(C)c1ccc(-c2ncn(-c3ccc(OC(F)(F)F)cc3)n2)cc1. The minimum atomic E-state index is -4.75. The van der Waals surface area contributed by atoms with Gasteiger partial charge in [0.1, 0.15) is 12.1 Å². The van der Waals surface area contributed by atoms with Gasteiger partial charge in [-0.2, -0.15) is 4.99 Å². The number of urea groups is 1. The van der Waals surface area contributed by atoms with Gasteiger partial charge >= 0.3 is 12.4 Å². The Bertz CT molecular complexity index is 1640. The predicted octanol–water partition coefficient (Wildman–Crippen LogP) is 7.91. The molecule has 1 N–H and O–H groups in total. The van der Waals surface area contributed by atoms with E-state index < -0.39 is 6.36 Å². The van der Waals surface area contributed by atoms with Crippen LogP contribution in [0.15, 0.2) is 78.0 Å². The number of amidine groups is 1. The number of hydrogen-bond donors (Lipinski definition) is 1. The lowest BCUT2D eigenvalue weighted by Crippen LogP contribution is -2.36. The molecule has 45 heavy (non-hydrogen) atoms. The zero-order valence-electron chi connectivity index (χ0n) is 25.3. The van der Waals surface area contributed by atoms with Crippen molar-refractivity contribution in [2.24, 2.45) is 4.99 Å². The number of halogens is 3. The molecule has 8 nitrogen and oxygen atoms in total. The summed E-state index contributed by atoms with van der Waals surface area (Å²) in [5.41, 5.74) is 5.95. The molecule has 0 spiro atoms. The van der Waals surface area contributed by atoms with E-state index in [1.54, 1.807) is 11.8 Å². The number of anilines is 1. The van der Waals surface area contributed by atoms with Gasteiger partial charge in [0, 0.05) is 30.1 Å². The van der Waals surface area contributed by atoms with Gasteiger partial charge in [0.2, 0.25) is 0 Å². The van der Waals surface area contributed by atoms with Crippen molar-refractivity contribution < 1.29 is 22.7 Å². The standard InChI is InChI=1S/C33H35F3N6O2S/c1-4-6-25-8-7-22(2)19-29(25)41-17-5-18-45-32(41)39-31(43)37-20-23(3)24-9-11-26(12-10-24)30-38-21-42(40-30)27-13-15-28(16-14-27)44-33(34,35)36/h7-16,19,21,23H,4-6,17-18,20H2,1-3H3,(H,37,43). The molecule has 0 radical (unpaired) electrons. The molecule has 0 aliphatic carbocycles. The first-order valence-electron chi connectivity index (χ1n) is 14.8. The van der Waals surface area contributed by atoms with Gasteiger partial charge in [-0.05, 0) is 72.7 Å². The summed E-state index contributed by atoms with van der Waals surface area (Å²) in [5, 5.41) is 8.16. The molecule has 0 saturated carbocycles. The number of ether oxygens (including phenoxy) is 1. The summed E-state index contributed by atoms with van der Waals surface area (Å²) in [5.74, 6) is 1.13. The number of benzene rings is 3. The second kappa shape index (κ2) is 14.2. The van der Waals surface area contributed by atoms with Gasteiger partial charge in [0.05, 0.1) is 5.69 Å². The van der Waals surface area contributed by atoms with E-state index in [4.69, 9.17) is 0 Å². The Morgan fingerprint density at radius 1 is 1.11 bits per heavy atom. The Kier molecular flexibility index (Phi) is 10.1. The molecule has 4 aromatic rings. The Morgan fingerprint density at radius 3 is 2.58 bits per heavy atom. The van der Waals surface area contributed by atoms with Crippen LogP contribution in [0.3, 0.4) is 0 Å². The van der Waals surface area contributed by atoms with Crippen LogP contribution in [0.4, 0.5) is 23.7 Å². The number of amides is 2. The molecule has 3 aromatic carbocycles. The molecule has 1 aliphatic heterocycles. The van der Waals surface area contributed by atoms with Crippen molar-refractivity contribution in [3.63, 3.8) is 0 Å². The molecule has 1 aliphatic rings. The van der Waals surface area contributed by atoms with Crippen LogP contribution in [-0.4, -0.2) is 51.2 Å². The Balaban J connectivity index is 1.19. The lowest BCUT2D eigenvalue weighted by Gasteiger charge is -2.31. The first-order chi connectivity index (χ1) is 21.6. The maximum absolute atomic E-state index is 12.9. The highest BCUT2D eigenvalue weighted by Crippen LogP contribution is 2.30. The second-order valence-electron chi connectivity index (χ2n) is 10.9. The molecule has 2 amide bonds. The van der Waals surface area contributed by atoms with Crippen molar-refractivity contribution in [2.45, 2.75) is 52.3 Å².